The maximum atomic E-state index is 5.25. The second-order valence-electron chi connectivity index (χ2n) is 8.59. The summed E-state index contributed by atoms with van der Waals surface area (Å²) < 4.78 is 2.29. The number of aromatic nitrogens is 4. The Morgan fingerprint density at radius 1 is 0.514 bits per heavy atom. The zero-order chi connectivity index (χ0) is 23.2. The van der Waals surface area contributed by atoms with Gasteiger partial charge in [0.15, 0.2) is 0 Å². The molecule has 4 nitrogen and oxygen atoms in total. The van der Waals surface area contributed by atoms with Crippen molar-refractivity contribution in [3.05, 3.63) is 122 Å². The second kappa shape index (κ2) is 7.89. The summed E-state index contributed by atoms with van der Waals surface area (Å²) in [6, 6.07) is 33.7. The molecule has 7 aromatic rings. The van der Waals surface area contributed by atoms with Crippen molar-refractivity contribution in [1.82, 2.24) is 19.5 Å². The lowest BCUT2D eigenvalue weighted by Gasteiger charge is -2.13. The third-order valence-electron chi connectivity index (χ3n) is 6.56. The van der Waals surface area contributed by atoms with Gasteiger partial charge in [0.2, 0.25) is 0 Å². The molecule has 0 fully saturated rings. The summed E-state index contributed by atoms with van der Waals surface area (Å²) >= 11 is 0. The van der Waals surface area contributed by atoms with Gasteiger partial charge in [-0.2, -0.15) is 0 Å². The van der Waals surface area contributed by atoms with Gasteiger partial charge in [-0.1, -0.05) is 72.8 Å². The third kappa shape index (κ3) is 3.11. The summed E-state index contributed by atoms with van der Waals surface area (Å²) in [5.41, 5.74) is 6.53. The Bertz CT molecular complexity index is 1840. The van der Waals surface area contributed by atoms with Crippen molar-refractivity contribution in [2.75, 3.05) is 0 Å². The molecule has 0 unspecified atom stereocenters. The van der Waals surface area contributed by atoms with Crippen molar-refractivity contribution >= 4 is 32.6 Å². The Balaban J connectivity index is 1.65. The van der Waals surface area contributed by atoms with E-state index in [4.69, 9.17) is 4.98 Å². The number of hydrogen-bond donors (Lipinski definition) is 0. The zero-order valence-corrected chi connectivity index (χ0v) is 18.8. The molecule has 3 aromatic heterocycles. The summed E-state index contributed by atoms with van der Waals surface area (Å²) in [4.78, 5) is 14.1. The summed E-state index contributed by atoms with van der Waals surface area (Å²) in [6.45, 7) is 0. The lowest BCUT2D eigenvalue weighted by molar-refractivity contribution is 1.11. The van der Waals surface area contributed by atoms with Crippen LogP contribution in [0.5, 0.6) is 0 Å². The lowest BCUT2D eigenvalue weighted by Crippen LogP contribution is -1.98. The van der Waals surface area contributed by atoms with E-state index in [0.29, 0.717) is 0 Å². The lowest BCUT2D eigenvalue weighted by atomic mass is 10.0. The monoisotopic (exact) mass is 448 g/mol. The number of benzene rings is 4. The average molecular weight is 449 g/mol. The van der Waals surface area contributed by atoms with Crippen LogP contribution in [0.15, 0.2) is 122 Å². The Morgan fingerprint density at radius 2 is 1.14 bits per heavy atom. The predicted molar refractivity (Wildman–Crippen MR) is 143 cm³/mol. The Hall–Kier alpha value is -4.83. The van der Waals surface area contributed by atoms with Gasteiger partial charge in [-0.05, 0) is 35.4 Å². The highest BCUT2D eigenvalue weighted by Crippen LogP contribution is 2.39. The van der Waals surface area contributed by atoms with Crippen LogP contribution in [0.2, 0.25) is 0 Å². The quantitative estimate of drug-likeness (QED) is 0.264. The van der Waals surface area contributed by atoms with Gasteiger partial charge < -0.3 is 0 Å². The van der Waals surface area contributed by atoms with Crippen molar-refractivity contribution in [2.45, 2.75) is 0 Å². The first-order valence-corrected chi connectivity index (χ1v) is 11.6. The minimum atomic E-state index is 0.910. The van der Waals surface area contributed by atoms with Gasteiger partial charge in [-0.3, -0.25) is 14.5 Å². The van der Waals surface area contributed by atoms with Crippen LogP contribution in [0.3, 0.4) is 0 Å². The van der Waals surface area contributed by atoms with E-state index in [-0.39, 0.29) is 0 Å². The summed E-state index contributed by atoms with van der Waals surface area (Å²) in [5, 5.41) is 4.31. The van der Waals surface area contributed by atoms with Crippen LogP contribution >= 0.6 is 0 Å². The third-order valence-corrected chi connectivity index (χ3v) is 6.56. The fourth-order valence-electron chi connectivity index (χ4n) is 4.98. The van der Waals surface area contributed by atoms with Gasteiger partial charge >= 0.3 is 0 Å². The summed E-state index contributed by atoms with van der Waals surface area (Å²) in [5.74, 6) is 0.910. The van der Waals surface area contributed by atoms with E-state index >= 15 is 0 Å². The maximum Gasteiger partial charge on any atom is 0.145 e. The fraction of sp³-hybridized carbons (Fsp3) is 0. The van der Waals surface area contributed by atoms with Gasteiger partial charge in [-0.25, -0.2) is 4.98 Å². The Labute approximate surface area is 202 Å². The number of fused-ring (bicyclic) bond motifs is 6. The second-order valence-corrected chi connectivity index (χ2v) is 8.59. The van der Waals surface area contributed by atoms with Crippen molar-refractivity contribution in [3.8, 4) is 28.2 Å². The first-order chi connectivity index (χ1) is 17.4. The predicted octanol–water partition coefficient (Wildman–Crippen LogP) is 7.46. The van der Waals surface area contributed by atoms with E-state index in [9.17, 15) is 0 Å². The Morgan fingerprint density at radius 3 is 1.89 bits per heavy atom. The van der Waals surface area contributed by atoms with Gasteiger partial charge in [0, 0.05) is 57.6 Å². The molecule has 3 heterocycles. The topological polar surface area (TPSA) is 43.6 Å². The molecule has 0 amide bonds. The molecule has 0 saturated heterocycles. The molecule has 7 rings (SSSR count). The average Bonchev–Trinajstić information content (AvgIpc) is 3.36. The molecule has 0 aliphatic carbocycles. The van der Waals surface area contributed by atoms with Crippen molar-refractivity contribution in [2.24, 2.45) is 0 Å². The van der Waals surface area contributed by atoms with Crippen LogP contribution in [0.1, 0.15) is 0 Å². The number of pyridine rings is 2. The van der Waals surface area contributed by atoms with E-state index in [2.05, 4.69) is 99.5 Å². The molecule has 0 spiro atoms. The maximum absolute atomic E-state index is 5.25. The SMILES string of the molecule is c1ccc(-c2cccc(-n3c(-c4ccccc4)nc4c5ccncc5c5cnccc5c43)c2)cc1. The van der Waals surface area contributed by atoms with Gasteiger partial charge in [-0.15, -0.1) is 0 Å². The van der Waals surface area contributed by atoms with Gasteiger partial charge in [0.25, 0.3) is 0 Å². The highest BCUT2D eigenvalue weighted by Gasteiger charge is 2.20. The molecule has 0 saturated carbocycles. The molecular weight excluding hydrogens is 428 g/mol. The molecule has 4 heteroatoms. The number of hydrogen-bond acceptors (Lipinski definition) is 3. The van der Waals surface area contributed by atoms with E-state index in [0.717, 1.165) is 49.7 Å². The standard InChI is InChI=1S/C31H20N4/c1-3-8-21(9-4-1)23-12-7-13-24(18-23)35-30-26-15-17-33-20-28(26)27-19-32-16-14-25(27)29(30)34-31(35)22-10-5-2-6-11-22/h1-20H. The van der Waals surface area contributed by atoms with E-state index < -0.39 is 0 Å². The van der Waals surface area contributed by atoms with Crippen LogP contribution in [-0.2, 0) is 0 Å². The molecule has 0 bridgehead atoms. The minimum absolute atomic E-state index is 0.910. The van der Waals surface area contributed by atoms with E-state index in [1.54, 1.807) is 0 Å². The molecule has 164 valence electrons. The van der Waals surface area contributed by atoms with Crippen LogP contribution in [-0.4, -0.2) is 19.5 Å². The zero-order valence-electron chi connectivity index (χ0n) is 18.8. The normalized spacial score (nSPS) is 11.4. The van der Waals surface area contributed by atoms with E-state index in [1.165, 1.54) is 11.1 Å². The molecule has 0 N–H and O–H groups in total. The highest BCUT2D eigenvalue weighted by atomic mass is 15.1. The molecule has 35 heavy (non-hydrogen) atoms. The fourth-order valence-corrected chi connectivity index (χ4v) is 4.98. The first kappa shape index (κ1) is 19.6. The summed E-state index contributed by atoms with van der Waals surface area (Å²) in [6.07, 6.45) is 7.53. The van der Waals surface area contributed by atoms with Crippen LogP contribution in [0.25, 0.3) is 60.8 Å². The van der Waals surface area contributed by atoms with Gasteiger partial charge in [0.1, 0.15) is 5.82 Å². The number of imidazole rings is 1. The molecular formula is C31H20N4. The largest absolute Gasteiger partial charge is 0.292 e. The van der Waals surface area contributed by atoms with Crippen LogP contribution in [0, 0.1) is 0 Å². The highest BCUT2D eigenvalue weighted by molar-refractivity contribution is 6.23. The number of rotatable bonds is 3. The van der Waals surface area contributed by atoms with Crippen molar-refractivity contribution in [1.29, 1.82) is 0 Å². The molecule has 4 aromatic carbocycles. The molecule has 0 aliphatic heterocycles. The summed E-state index contributed by atoms with van der Waals surface area (Å²) in [7, 11) is 0. The Kier molecular flexibility index (Phi) is 4.42. The smallest absolute Gasteiger partial charge is 0.145 e. The number of nitrogens with zero attached hydrogens (tertiary/aromatic N) is 4. The molecule has 0 aliphatic rings. The van der Waals surface area contributed by atoms with Crippen LogP contribution < -0.4 is 0 Å². The molecule has 0 radical (unpaired) electrons. The van der Waals surface area contributed by atoms with Crippen molar-refractivity contribution < 1.29 is 0 Å². The van der Waals surface area contributed by atoms with Crippen molar-refractivity contribution in [3.63, 3.8) is 0 Å². The minimum Gasteiger partial charge on any atom is -0.292 e. The van der Waals surface area contributed by atoms with E-state index in [1.807, 2.05) is 36.9 Å². The van der Waals surface area contributed by atoms with Gasteiger partial charge in [0.05, 0.1) is 11.0 Å². The first-order valence-electron chi connectivity index (χ1n) is 11.6. The molecule has 0 atom stereocenters. The van der Waals surface area contributed by atoms with Crippen LogP contribution in [0.4, 0.5) is 0 Å².